The molecule has 2 amide bonds. The van der Waals surface area contributed by atoms with Crippen LogP contribution >= 0.6 is 11.6 Å². The maximum absolute atomic E-state index is 13.4. The zero-order chi connectivity index (χ0) is 19.8. The summed E-state index contributed by atoms with van der Waals surface area (Å²) in [6, 6.07) is 16.0. The summed E-state index contributed by atoms with van der Waals surface area (Å²) in [5.74, 6) is -0.313. The number of urea groups is 1. The van der Waals surface area contributed by atoms with Gasteiger partial charge in [-0.3, -0.25) is 0 Å². The molecule has 1 aliphatic heterocycles. The highest BCUT2D eigenvalue weighted by molar-refractivity contribution is 6.31. The molecule has 1 atom stereocenters. The van der Waals surface area contributed by atoms with Gasteiger partial charge in [0, 0.05) is 17.6 Å². The average Bonchev–Trinajstić information content (AvgIpc) is 3.08. The second-order valence-corrected chi connectivity index (χ2v) is 7.71. The molecule has 0 saturated carbocycles. The monoisotopic (exact) mass is 397 g/mol. The fraction of sp³-hybridized carbons (Fsp3) is 0.227. The summed E-state index contributed by atoms with van der Waals surface area (Å²) in [4.78, 5) is 15.1. The molecule has 4 nitrogen and oxygen atoms in total. The van der Waals surface area contributed by atoms with Crippen molar-refractivity contribution in [2.24, 2.45) is 5.92 Å². The van der Waals surface area contributed by atoms with E-state index in [1.54, 1.807) is 0 Å². The quantitative estimate of drug-likeness (QED) is 0.564. The van der Waals surface area contributed by atoms with Crippen molar-refractivity contribution < 1.29 is 9.18 Å². The van der Waals surface area contributed by atoms with Gasteiger partial charge in [0.1, 0.15) is 5.82 Å². The lowest BCUT2D eigenvalue weighted by atomic mass is 9.99. The summed E-state index contributed by atoms with van der Waals surface area (Å²) < 4.78 is 15.6. The molecular formula is C22H21ClFN3O. The van der Waals surface area contributed by atoms with E-state index in [4.69, 9.17) is 11.6 Å². The Morgan fingerprint density at radius 1 is 1.18 bits per heavy atom. The van der Waals surface area contributed by atoms with E-state index in [-0.39, 0.29) is 23.0 Å². The highest BCUT2D eigenvalue weighted by Crippen LogP contribution is 2.37. The number of hydrogen-bond donors (Lipinski definition) is 1. The van der Waals surface area contributed by atoms with Crippen LogP contribution in [-0.4, -0.2) is 15.5 Å². The summed E-state index contributed by atoms with van der Waals surface area (Å²) in [7, 11) is 0. The molecule has 0 bridgehead atoms. The second-order valence-electron chi connectivity index (χ2n) is 7.31. The van der Waals surface area contributed by atoms with Crippen molar-refractivity contribution in [1.29, 1.82) is 0 Å². The number of halogens is 2. The third-order valence-electron chi connectivity index (χ3n) is 5.07. The Labute approximate surface area is 168 Å². The number of fused-ring (bicyclic) bond motifs is 3. The van der Waals surface area contributed by atoms with Gasteiger partial charge in [-0.05, 0) is 47.9 Å². The molecule has 0 spiro atoms. The Kier molecular flexibility index (Phi) is 4.85. The van der Waals surface area contributed by atoms with Crippen molar-refractivity contribution in [2.75, 3.05) is 5.32 Å². The van der Waals surface area contributed by atoms with Gasteiger partial charge in [-0.25, -0.2) is 9.18 Å². The number of para-hydroxylation sites is 1. The van der Waals surface area contributed by atoms with E-state index < -0.39 is 5.82 Å². The molecule has 0 radical (unpaired) electrons. The van der Waals surface area contributed by atoms with Crippen molar-refractivity contribution >= 4 is 23.3 Å². The number of benzene rings is 2. The molecule has 3 aromatic rings. The number of carbonyl (C=O) groups excluding carboxylic acids is 1. The zero-order valence-electron chi connectivity index (χ0n) is 15.7. The van der Waals surface area contributed by atoms with Gasteiger partial charge in [-0.2, -0.15) is 0 Å². The van der Waals surface area contributed by atoms with E-state index in [1.807, 2.05) is 35.4 Å². The molecule has 0 saturated heterocycles. The molecule has 0 aliphatic carbocycles. The van der Waals surface area contributed by atoms with Gasteiger partial charge in [-0.15, -0.1) is 0 Å². The summed E-state index contributed by atoms with van der Waals surface area (Å²) in [5.41, 5.74) is 3.67. The van der Waals surface area contributed by atoms with Crippen LogP contribution in [0.4, 0.5) is 14.9 Å². The Morgan fingerprint density at radius 2 is 1.96 bits per heavy atom. The molecule has 2 aromatic carbocycles. The largest absolute Gasteiger partial charge is 0.322 e. The van der Waals surface area contributed by atoms with Crippen LogP contribution in [0.15, 0.2) is 60.8 Å². The van der Waals surface area contributed by atoms with Crippen molar-refractivity contribution in [1.82, 2.24) is 9.47 Å². The van der Waals surface area contributed by atoms with Gasteiger partial charge in [0.25, 0.3) is 0 Å². The van der Waals surface area contributed by atoms with Crippen molar-refractivity contribution in [3.8, 4) is 5.69 Å². The summed E-state index contributed by atoms with van der Waals surface area (Å²) in [5, 5.41) is 2.85. The highest BCUT2D eigenvalue weighted by Gasteiger charge is 2.33. The molecule has 1 aromatic heterocycles. The van der Waals surface area contributed by atoms with Gasteiger partial charge in [0.05, 0.1) is 23.3 Å². The molecule has 28 heavy (non-hydrogen) atoms. The lowest BCUT2D eigenvalue weighted by Gasteiger charge is -2.33. The van der Waals surface area contributed by atoms with Crippen molar-refractivity contribution in [2.45, 2.75) is 26.4 Å². The van der Waals surface area contributed by atoms with Gasteiger partial charge in [0.2, 0.25) is 0 Å². The van der Waals surface area contributed by atoms with Crippen LogP contribution in [0.1, 0.15) is 31.1 Å². The maximum Gasteiger partial charge on any atom is 0.322 e. The first kappa shape index (κ1) is 18.6. The van der Waals surface area contributed by atoms with E-state index in [9.17, 15) is 9.18 Å². The SMILES string of the molecule is CC(C)C1c2cccn2-c2ccccc2CN1C(=O)Nc1ccc(F)c(Cl)c1. The number of rotatable bonds is 2. The number of nitrogens with zero attached hydrogens (tertiary/aromatic N) is 2. The van der Waals surface area contributed by atoms with Crippen molar-refractivity contribution in [3.63, 3.8) is 0 Å². The van der Waals surface area contributed by atoms with Gasteiger partial charge < -0.3 is 14.8 Å². The lowest BCUT2D eigenvalue weighted by Crippen LogP contribution is -2.39. The molecule has 1 aliphatic rings. The van der Waals surface area contributed by atoms with Gasteiger partial charge in [-0.1, -0.05) is 43.6 Å². The molecule has 1 N–H and O–H groups in total. The third-order valence-corrected chi connectivity index (χ3v) is 5.36. The standard InChI is InChI=1S/C22H21ClFN3O/c1-14(2)21-20-8-5-11-26(20)19-7-4-3-6-15(19)13-27(21)22(28)25-16-9-10-18(24)17(23)12-16/h3-12,14,21H,13H2,1-2H3,(H,25,28). The number of hydrogen-bond acceptors (Lipinski definition) is 1. The smallest absolute Gasteiger partial charge is 0.318 e. The number of amides is 2. The fourth-order valence-electron chi connectivity index (χ4n) is 3.84. The van der Waals surface area contributed by atoms with Crippen LogP contribution in [0.2, 0.25) is 5.02 Å². The first-order valence-electron chi connectivity index (χ1n) is 9.24. The van der Waals surface area contributed by atoms with E-state index in [2.05, 4.69) is 35.9 Å². The van der Waals surface area contributed by atoms with Gasteiger partial charge >= 0.3 is 6.03 Å². The maximum atomic E-state index is 13.4. The predicted octanol–water partition coefficient (Wildman–Crippen LogP) is 6.01. The van der Waals surface area contributed by atoms with Crippen LogP contribution in [0.5, 0.6) is 0 Å². The number of anilines is 1. The summed E-state index contributed by atoms with van der Waals surface area (Å²) >= 11 is 5.86. The first-order chi connectivity index (χ1) is 13.5. The molecule has 1 unspecified atom stereocenters. The van der Waals surface area contributed by atoms with Crippen LogP contribution in [-0.2, 0) is 6.54 Å². The Bertz CT molecular complexity index is 1030. The fourth-order valence-corrected chi connectivity index (χ4v) is 4.02. The molecule has 0 fully saturated rings. The summed E-state index contributed by atoms with van der Waals surface area (Å²) in [6.07, 6.45) is 2.03. The van der Waals surface area contributed by atoms with E-state index in [1.165, 1.54) is 18.2 Å². The van der Waals surface area contributed by atoms with Crippen LogP contribution < -0.4 is 5.32 Å². The van der Waals surface area contributed by atoms with Crippen LogP contribution in [0, 0.1) is 11.7 Å². The average molecular weight is 398 g/mol. The minimum Gasteiger partial charge on any atom is -0.318 e. The number of carbonyl (C=O) groups is 1. The molecule has 6 heteroatoms. The molecule has 2 heterocycles. The minimum absolute atomic E-state index is 0.0201. The predicted molar refractivity (Wildman–Crippen MR) is 109 cm³/mol. The third kappa shape index (κ3) is 3.27. The summed E-state index contributed by atoms with van der Waals surface area (Å²) in [6.45, 7) is 4.68. The number of aromatic nitrogens is 1. The highest BCUT2D eigenvalue weighted by atomic mass is 35.5. The molecule has 144 valence electrons. The topological polar surface area (TPSA) is 37.3 Å². The van der Waals surface area contributed by atoms with E-state index in [0.29, 0.717) is 12.2 Å². The van der Waals surface area contributed by atoms with Crippen LogP contribution in [0.25, 0.3) is 5.69 Å². The molecule has 4 rings (SSSR count). The Morgan fingerprint density at radius 3 is 2.71 bits per heavy atom. The Hall–Kier alpha value is -2.79. The first-order valence-corrected chi connectivity index (χ1v) is 9.61. The van der Waals surface area contributed by atoms with E-state index >= 15 is 0 Å². The Balaban J connectivity index is 1.74. The van der Waals surface area contributed by atoms with E-state index in [0.717, 1.165) is 16.9 Å². The lowest BCUT2D eigenvalue weighted by molar-refractivity contribution is 0.162. The molecular weight excluding hydrogens is 377 g/mol. The zero-order valence-corrected chi connectivity index (χ0v) is 16.4. The van der Waals surface area contributed by atoms with Crippen molar-refractivity contribution in [3.05, 3.63) is 82.9 Å². The minimum atomic E-state index is -0.513. The second kappa shape index (κ2) is 7.32. The normalized spacial score (nSPS) is 15.8. The number of nitrogens with one attached hydrogen (secondary N) is 1. The van der Waals surface area contributed by atoms with Crippen LogP contribution in [0.3, 0.4) is 0 Å². The van der Waals surface area contributed by atoms with Gasteiger partial charge in [0.15, 0.2) is 0 Å².